The van der Waals surface area contributed by atoms with Crippen LogP contribution in [0.5, 0.6) is 0 Å². The molecular formula is C12H22N2O3. The molecule has 5 heteroatoms. The fourth-order valence-corrected chi connectivity index (χ4v) is 2.85. The van der Waals surface area contributed by atoms with E-state index in [0.717, 1.165) is 32.3 Å². The minimum Gasteiger partial charge on any atom is -0.379 e. The zero-order chi connectivity index (χ0) is 12.3. The van der Waals surface area contributed by atoms with Gasteiger partial charge in [-0.25, -0.2) is 0 Å². The average molecular weight is 242 g/mol. The molecule has 3 unspecified atom stereocenters. The van der Waals surface area contributed by atoms with Gasteiger partial charge in [-0.2, -0.15) is 0 Å². The second-order valence-corrected chi connectivity index (χ2v) is 5.14. The first-order valence-corrected chi connectivity index (χ1v) is 6.41. The largest absolute Gasteiger partial charge is 0.379 e. The van der Waals surface area contributed by atoms with Crippen molar-refractivity contribution in [2.24, 2.45) is 17.4 Å². The van der Waals surface area contributed by atoms with Gasteiger partial charge in [0, 0.05) is 13.2 Å². The zero-order valence-electron chi connectivity index (χ0n) is 10.2. The SMILES string of the molecule is NC(=O)C1(N)CCCC1CCOC1CCOC1. The van der Waals surface area contributed by atoms with Crippen LogP contribution in [0.4, 0.5) is 0 Å². The van der Waals surface area contributed by atoms with Gasteiger partial charge < -0.3 is 20.9 Å². The van der Waals surface area contributed by atoms with Crippen LogP contribution < -0.4 is 11.5 Å². The Balaban J connectivity index is 1.76. The molecule has 1 heterocycles. The fraction of sp³-hybridized carbons (Fsp3) is 0.917. The molecule has 0 spiro atoms. The van der Waals surface area contributed by atoms with E-state index in [2.05, 4.69) is 0 Å². The number of rotatable bonds is 5. The zero-order valence-corrected chi connectivity index (χ0v) is 10.2. The second-order valence-electron chi connectivity index (χ2n) is 5.14. The standard InChI is InChI=1S/C12H22N2O3/c13-11(15)12(14)5-1-2-9(12)3-7-17-10-4-6-16-8-10/h9-10H,1-8,14H2,(H2,13,15). The molecule has 1 aliphatic heterocycles. The number of primary amides is 1. The molecule has 98 valence electrons. The second kappa shape index (κ2) is 5.33. The lowest BCUT2D eigenvalue weighted by atomic mass is 9.85. The van der Waals surface area contributed by atoms with Crippen molar-refractivity contribution < 1.29 is 14.3 Å². The van der Waals surface area contributed by atoms with Crippen LogP contribution in [0.3, 0.4) is 0 Å². The Morgan fingerprint density at radius 2 is 2.29 bits per heavy atom. The number of ether oxygens (including phenoxy) is 2. The highest BCUT2D eigenvalue weighted by atomic mass is 16.5. The minimum atomic E-state index is -0.810. The van der Waals surface area contributed by atoms with Crippen LogP contribution in [0.2, 0.25) is 0 Å². The molecule has 0 aromatic rings. The Morgan fingerprint density at radius 3 is 2.94 bits per heavy atom. The van der Waals surface area contributed by atoms with Crippen molar-refractivity contribution in [3.63, 3.8) is 0 Å². The summed E-state index contributed by atoms with van der Waals surface area (Å²) in [6.07, 6.45) is 4.67. The molecule has 2 rings (SSSR count). The summed E-state index contributed by atoms with van der Waals surface area (Å²) in [5.41, 5.74) is 10.7. The van der Waals surface area contributed by atoms with Crippen molar-refractivity contribution in [2.45, 2.75) is 43.7 Å². The third-order valence-electron chi connectivity index (χ3n) is 4.04. The molecule has 1 saturated carbocycles. The van der Waals surface area contributed by atoms with Crippen LogP contribution in [0.15, 0.2) is 0 Å². The van der Waals surface area contributed by atoms with E-state index in [1.54, 1.807) is 0 Å². The molecule has 1 saturated heterocycles. The van der Waals surface area contributed by atoms with Crippen molar-refractivity contribution in [1.29, 1.82) is 0 Å². The molecule has 0 aromatic carbocycles. The lowest BCUT2D eigenvalue weighted by Crippen LogP contribution is -2.54. The van der Waals surface area contributed by atoms with Crippen molar-refractivity contribution >= 4 is 5.91 Å². The summed E-state index contributed by atoms with van der Waals surface area (Å²) in [5, 5.41) is 0. The summed E-state index contributed by atoms with van der Waals surface area (Å²) in [5.74, 6) is -0.202. The van der Waals surface area contributed by atoms with Gasteiger partial charge >= 0.3 is 0 Å². The number of hydrogen-bond donors (Lipinski definition) is 2. The van der Waals surface area contributed by atoms with Gasteiger partial charge in [-0.1, -0.05) is 6.42 Å². The van der Waals surface area contributed by atoms with Gasteiger partial charge in [-0.15, -0.1) is 0 Å². The Hall–Kier alpha value is -0.650. The summed E-state index contributed by atoms with van der Waals surface area (Å²) in [6.45, 7) is 2.12. The summed E-state index contributed by atoms with van der Waals surface area (Å²) in [7, 11) is 0. The van der Waals surface area contributed by atoms with E-state index >= 15 is 0 Å². The predicted octanol–water partition coefficient (Wildman–Crippen LogP) is 0.165. The van der Waals surface area contributed by atoms with Gasteiger partial charge in [0.05, 0.1) is 18.2 Å². The Bertz CT molecular complexity index is 279. The normalized spacial score (nSPS) is 37.5. The van der Waals surface area contributed by atoms with Crippen molar-refractivity contribution in [1.82, 2.24) is 0 Å². The Labute approximate surface area is 102 Å². The van der Waals surface area contributed by atoms with Crippen molar-refractivity contribution in [3.05, 3.63) is 0 Å². The molecular weight excluding hydrogens is 220 g/mol. The maximum atomic E-state index is 11.4. The van der Waals surface area contributed by atoms with Crippen LogP contribution in [0, 0.1) is 5.92 Å². The molecule has 1 aliphatic carbocycles. The first kappa shape index (κ1) is 12.8. The van der Waals surface area contributed by atoms with Crippen molar-refractivity contribution in [2.75, 3.05) is 19.8 Å². The Kier molecular flexibility index (Phi) is 4.01. The van der Waals surface area contributed by atoms with E-state index in [0.29, 0.717) is 19.6 Å². The van der Waals surface area contributed by atoms with E-state index in [1.807, 2.05) is 0 Å². The highest BCUT2D eigenvalue weighted by Crippen LogP contribution is 2.35. The van der Waals surface area contributed by atoms with Gasteiger partial charge in [0.2, 0.25) is 5.91 Å². The van der Waals surface area contributed by atoms with Crippen LogP contribution in [0.1, 0.15) is 32.1 Å². The Morgan fingerprint density at radius 1 is 1.47 bits per heavy atom. The number of amides is 1. The van der Waals surface area contributed by atoms with Gasteiger partial charge in [-0.3, -0.25) is 4.79 Å². The molecule has 1 amide bonds. The van der Waals surface area contributed by atoms with Crippen LogP contribution in [-0.4, -0.2) is 37.4 Å². The smallest absolute Gasteiger partial charge is 0.237 e. The molecule has 3 atom stereocenters. The number of nitrogens with two attached hydrogens (primary N) is 2. The van der Waals surface area contributed by atoms with E-state index in [4.69, 9.17) is 20.9 Å². The van der Waals surface area contributed by atoms with Crippen LogP contribution in [0.25, 0.3) is 0 Å². The van der Waals surface area contributed by atoms with E-state index in [9.17, 15) is 4.79 Å². The molecule has 2 aliphatic rings. The highest BCUT2D eigenvalue weighted by molar-refractivity contribution is 5.85. The molecule has 0 bridgehead atoms. The fourth-order valence-electron chi connectivity index (χ4n) is 2.85. The molecule has 0 radical (unpaired) electrons. The molecule has 4 N–H and O–H groups in total. The maximum Gasteiger partial charge on any atom is 0.237 e. The molecule has 17 heavy (non-hydrogen) atoms. The van der Waals surface area contributed by atoms with Gasteiger partial charge in [-0.05, 0) is 31.6 Å². The van der Waals surface area contributed by atoms with Crippen molar-refractivity contribution in [3.8, 4) is 0 Å². The summed E-state index contributed by atoms with van der Waals surface area (Å²) < 4.78 is 10.9. The maximum absolute atomic E-state index is 11.4. The van der Waals surface area contributed by atoms with Crippen LogP contribution in [-0.2, 0) is 14.3 Å². The van der Waals surface area contributed by atoms with E-state index in [1.165, 1.54) is 0 Å². The molecule has 0 aromatic heterocycles. The van der Waals surface area contributed by atoms with Crippen LogP contribution >= 0.6 is 0 Å². The van der Waals surface area contributed by atoms with E-state index < -0.39 is 5.54 Å². The number of hydrogen-bond acceptors (Lipinski definition) is 4. The minimum absolute atomic E-state index is 0.169. The first-order chi connectivity index (χ1) is 8.13. The summed E-state index contributed by atoms with van der Waals surface area (Å²) in [4.78, 5) is 11.4. The lowest BCUT2D eigenvalue weighted by Gasteiger charge is -2.28. The number of carbonyl (C=O) groups is 1. The average Bonchev–Trinajstić information content (AvgIpc) is 2.90. The summed E-state index contributed by atoms with van der Waals surface area (Å²) >= 11 is 0. The lowest BCUT2D eigenvalue weighted by molar-refractivity contribution is -0.124. The van der Waals surface area contributed by atoms with E-state index in [-0.39, 0.29) is 17.9 Å². The quantitative estimate of drug-likeness (QED) is 0.719. The van der Waals surface area contributed by atoms with Gasteiger partial charge in [0.1, 0.15) is 0 Å². The van der Waals surface area contributed by atoms with Gasteiger partial charge in [0.15, 0.2) is 0 Å². The third kappa shape index (κ3) is 2.78. The number of carbonyl (C=O) groups excluding carboxylic acids is 1. The molecule has 5 nitrogen and oxygen atoms in total. The predicted molar refractivity (Wildman–Crippen MR) is 63.2 cm³/mol. The van der Waals surface area contributed by atoms with Gasteiger partial charge in [0.25, 0.3) is 0 Å². The molecule has 2 fully saturated rings. The first-order valence-electron chi connectivity index (χ1n) is 6.41. The monoisotopic (exact) mass is 242 g/mol. The third-order valence-corrected chi connectivity index (χ3v) is 4.04. The topological polar surface area (TPSA) is 87.6 Å². The summed E-state index contributed by atoms with van der Waals surface area (Å²) in [6, 6.07) is 0. The highest BCUT2D eigenvalue weighted by Gasteiger charge is 2.43.